The SMILES string of the molecule is CNC(=O)C(C)CN(C)C(=O)N1CCN(CC(=O)O)CC1. The number of rotatable bonds is 5. The maximum atomic E-state index is 12.3. The minimum atomic E-state index is -0.855. The highest BCUT2D eigenvalue weighted by Crippen LogP contribution is 2.07. The zero-order chi connectivity index (χ0) is 16.0. The number of carboxylic acid groups (broad SMARTS) is 1. The van der Waals surface area contributed by atoms with Gasteiger partial charge in [-0.25, -0.2) is 4.79 Å². The highest BCUT2D eigenvalue weighted by molar-refractivity contribution is 5.79. The molecule has 3 amide bonds. The Balaban J connectivity index is 2.42. The highest BCUT2D eigenvalue weighted by atomic mass is 16.4. The maximum absolute atomic E-state index is 12.3. The Morgan fingerprint density at radius 1 is 1.24 bits per heavy atom. The van der Waals surface area contributed by atoms with Gasteiger partial charge in [0.1, 0.15) is 0 Å². The molecule has 1 rings (SSSR count). The van der Waals surface area contributed by atoms with Gasteiger partial charge in [-0.15, -0.1) is 0 Å². The van der Waals surface area contributed by atoms with Gasteiger partial charge in [-0.2, -0.15) is 0 Å². The van der Waals surface area contributed by atoms with E-state index in [0.29, 0.717) is 32.7 Å². The standard InChI is InChI=1S/C13H24N4O4/c1-10(12(20)14-2)8-15(3)13(21)17-6-4-16(5-7-17)9-11(18)19/h10H,4-9H2,1-3H3,(H,14,20)(H,18,19). The third-order valence-electron chi connectivity index (χ3n) is 3.57. The van der Waals surface area contributed by atoms with Crippen molar-refractivity contribution in [1.29, 1.82) is 0 Å². The number of amides is 3. The number of piperazine rings is 1. The molecule has 1 aliphatic heterocycles. The summed E-state index contributed by atoms with van der Waals surface area (Å²) in [6, 6.07) is -0.124. The summed E-state index contributed by atoms with van der Waals surface area (Å²) >= 11 is 0. The van der Waals surface area contributed by atoms with Crippen LogP contribution in [0.4, 0.5) is 4.79 Å². The summed E-state index contributed by atoms with van der Waals surface area (Å²) < 4.78 is 0. The molecule has 1 atom stereocenters. The van der Waals surface area contributed by atoms with Gasteiger partial charge in [0.05, 0.1) is 12.5 Å². The second-order valence-corrected chi connectivity index (χ2v) is 5.34. The average molecular weight is 300 g/mol. The minimum absolute atomic E-state index is 0.00553. The van der Waals surface area contributed by atoms with Crippen molar-refractivity contribution in [2.24, 2.45) is 5.92 Å². The number of hydrogen-bond acceptors (Lipinski definition) is 4. The Bertz CT molecular complexity index is 394. The van der Waals surface area contributed by atoms with Gasteiger partial charge in [0.15, 0.2) is 0 Å². The van der Waals surface area contributed by atoms with E-state index in [4.69, 9.17) is 5.11 Å². The van der Waals surface area contributed by atoms with Crippen LogP contribution < -0.4 is 5.32 Å². The molecule has 1 unspecified atom stereocenters. The summed E-state index contributed by atoms with van der Waals surface area (Å²) in [5.74, 6) is -1.22. The molecule has 1 saturated heterocycles. The van der Waals surface area contributed by atoms with E-state index in [9.17, 15) is 14.4 Å². The molecule has 0 aliphatic carbocycles. The molecule has 1 heterocycles. The van der Waals surface area contributed by atoms with Gasteiger partial charge in [0, 0.05) is 46.8 Å². The Morgan fingerprint density at radius 2 is 1.81 bits per heavy atom. The van der Waals surface area contributed by atoms with Crippen molar-refractivity contribution in [2.45, 2.75) is 6.92 Å². The summed E-state index contributed by atoms with van der Waals surface area (Å²) in [6.07, 6.45) is 0. The zero-order valence-corrected chi connectivity index (χ0v) is 12.8. The number of carbonyl (C=O) groups excluding carboxylic acids is 2. The van der Waals surface area contributed by atoms with Crippen molar-refractivity contribution in [3.05, 3.63) is 0 Å². The summed E-state index contributed by atoms with van der Waals surface area (Å²) in [5.41, 5.74) is 0. The first kappa shape index (κ1) is 17.2. The number of carbonyl (C=O) groups is 3. The lowest BCUT2D eigenvalue weighted by atomic mass is 10.1. The Kier molecular flexibility index (Phi) is 6.41. The van der Waals surface area contributed by atoms with Gasteiger partial charge < -0.3 is 20.2 Å². The lowest BCUT2D eigenvalue weighted by Crippen LogP contribution is -2.53. The van der Waals surface area contributed by atoms with Crippen LogP contribution in [0.25, 0.3) is 0 Å². The number of urea groups is 1. The highest BCUT2D eigenvalue weighted by Gasteiger charge is 2.25. The van der Waals surface area contributed by atoms with Crippen molar-refractivity contribution in [3.63, 3.8) is 0 Å². The van der Waals surface area contributed by atoms with Crippen LogP contribution in [0.2, 0.25) is 0 Å². The molecule has 2 N–H and O–H groups in total. The molecule has 0 saturated carbocycles. The van der Waals surface area contributed by atoms with Crippen molar-refractivity contribution in [3.8, 4) is 0 Å². The van der Waals surface area contributed by atoms with E-state index in [-0.39, 0.29) is 24.4 Å². The van der Waals surface area contributed by atoms with Crippen molar-refractivity contribution in [1.82, 2.24) is 20.0 Å². The van der Waals surface area contributed by atoms with E-state index in [2.05, 4.69) is 5.32 Å². The molecule has 0 aromatic heterocycles. The molecule has 1 aliphatic rings. The molecular formula is C13H24N4O4. The van der Waals surface area contributed by atoms with Crippen molar-refractivity contribution < 1.29 is 19.5 Å². The fourth-order valence-electron chi connectivity index (χ4n) is 2.35. The van der Waals surface area contributed by atoms with Crippen molar-refractivity contribution in [2.75, 3.05) is 53.4 Å². The molecule has 1 fully saturated rings. The lowest BCUT2D eigenvalue weighted by Gasteiger charge is -2.36. The third kappa shape index (κ3) is 5.22. The van der Waals surface area contributed by atoms with Gasteiger partial charge in [-0.05, 0) is 0 Å². The van der Waals surface area contributed by atoms with Crippen molar-refractivity contribution >= 4 is 17.9 Å². The predicted octanol–water partition coefficient (Wildman–Crippen LogP) is -0.877. The van der Waals surface area contributed by atoms with E-state index in [1.54, 1.807) is 30.8 Å². The number of aliphatic carboxylic acids is 1. The molecule has 120 valence electrons. The van der Waals surface area contributed by atoms with Gasteiger partial charge in [-0.1, -0.05) is 6.92 Å². The summed E-state index contributed by atoms with van der Waals surface area (Å²) in [6.45, 7) is 4.25. The second kappa shape index (κ2) is 7.82. The smallest absolute Gasteiger partial charge is 0.319 e. The Hall–Kier alpha value is -1.83. The largest absolute Gasteiger partial charge is 0.480 e. The Labute approximate surface area is 124 Å². The van der Waals surface area contributed by atoms with E-state index < -0.39 is 5.97 Å². The monoisotopic (exact) mass is 300 g/mol. The molecular weight excluding hydrogens is 276 g/mol. The zero-order valence-electron chi connectivity index (χ0n) is 12.8. The van der Waals surface area contributed by atoms with E-state index in [0.717, 1.165) is 0 Å². The fourth-order valence-corrected chi connectivity index (χ4v) is 2.35. The average Bonchev–Trinajstić information content (AvgIpc) is 2.45. The third-order valence-corrected chi connectivity index (χ3v) is 3.57. The van der Waals surface area contributed by atoms with Crippen LogP contribution in [0.1, 0.15) is 6.92 Å². The summed E-state index contributed by atoms with van der Waals surface area (Å²) in [4.78, 5) is 39.4. The van der Waals surface area contributed by atoms with E-state index in [1.165, 1.54) is 4.90 Å². The molecule has 0 bridgehead atoms. The maximum Gasteiger partial charge on any atom is 0.319 e. The topological polar surface area (TPSA) is 93.2 Å². The Morgan fingerprint density at radius 3 is 2.29 bits per heavy atom. The van der Waals surface area contributed by atoms with Crippen LogP contribution in [0.5, 0.6) is 0 Å². The molecule has 0 aromatic rings. The summed E-state index contributed by atoms with van der Waals surface area (Å²) in [7, 11) is 3.24. The van der Waals surface area contributed by atoms with Gasteiger partial charge >= 0.3 is 12.0 Å². The molecule has 0 aromatic carbocycles. The number of nitrogens with zero attached hydrogens (tertiary/aromatic N) is 3. The first-order chi connectivity index (χ1) is 9.85. The minimum Gasteiger partial charge on any atom is -0.480 e. The molecule has 0 spiro atoms. The van der Waals surface area contributed by atoms with Crippen LogP contribution in [0.15, 0.2) is 0 Å². The molecule has 8 nitrogen and oxygen atoms in total. The van der Waals surface area contributed by atoms with Crippen LogP contribution in [-0.2, 0) is 9.59 Å². The van der Waals surface area contributed by atoms with Crippen LogP contribution >= 0.6 is 0 Å². The second-order valence-electron chi connectivity index (χ2n) is 5.34. The molecule has 8 heteroatoms. The first-order valence-electron chi connectivity index (χ1n) is 7.01. The molecule has 0 radical (unpaired) electrons. The van der Waals surface area contributed by atoms with Gasteiger partial charge in [0.25, 0.3) is 0 Å². The number of nitrogens with one attached hydrogen (secondary N) is 1. The van der Waals surface area contributed by atoms with E-state index in [1.807, 2.05) is 0 Å². The molecule has 21 heavy (non-hydrogen) atoms. The quantitative estimate of drug-likeness (QED) is 0.688. The fraction of sp³-hybridized carbons (Fsp3) is 0.769. The number of hydrogen-bond donors (Lipinski definition) is 2. The summed E-state index contributed by atoms with van der Waals surface area (Å²) in [5, 5.41) is 11.3. The van der Waals surface area contributed by atoms with Gasteiger partial charge in [-0.3, -0.25) is 14.5 Å². The van der Waals surface area contributed by atoms with Crippen LogP contribution in [0, 0.1) is 5.92 Å². The van der Waals surface area contributed by atoms with Crippen LogP contribution in [-0.4, -0.2) is 91.1 Å². The normalized spacial score (nSPS) is 17.2. The lowest BCUT2D eigenvalue weighted by molar-refractivity contribution is -0.138. The van der Waals surface area contributed by atoms with Gasteiger partial charge in [0.2, 0.25) is 5.91 Å². The van der Waals surface area contributed by atoms with Crippen LogP contribution in [0.3, 0.4) is 0 Å². The van der Waals surface area contributed by atoms with E-state index >= 15 is 0 Å². The predicted molar refractivity (Wildman–Crippen MR) is 76.9 cm³/mol. The first-order valence-corrected chi connectivity index (χ1v) is 7.01. The number of carboxylic acids is 1.